The molecule has 2 saturated heterocycles. The van der Waals surface area contributed by atoms with Crippen LogP contribution in [-0.2, 0) is 11.2 Å². The predicted octanol–water partition coefficient (Wildman–Crippen LogP) is 2.09. The molecule has 2 bridgehead atoms. The Morgan fingerprint density at radius 1 is 1.33 bits per heavy atom. The second-order valence-electron chi connectivity index (χ2n) is 5.54. The quantitative estimate of drug-likeness (QED) is 0.856. The lowest BCUT2D eigenvalue weighted by atomic mass is 9.81. The fraction of sp³-hybridized carbons (Fsp3) is 0.600. The van der Waals surface area contributed by atoms with Crippen molar-refractivity contribution in [1.29, 1.82) is 0 Å². The number of likely N-dealkylation sites (N-methyl/N-ethyl adjacent to an activating group) is 1. The summed E-state index contributed by atoms with van der Waals surface area (Å²) in [6.07, 6.45) is 5.66. The Balaban J connectivity index is 1.67. The fourth-order valence-corrected chi connectivity index (χ4v) is 3.45. The summed E-state index contributed by atoms with van der Waals surface area (Å²) < 4.78 is 5.94. The number of ether oxygens (including phenoxy) is 1. The van der Waals surface area contributed by atoms with Crippen molar-refractivity contribution < 1.29 is 9.84 Å². The largest absolute Gasteiger partial charge is 0.508 e. The fourth-order valence-electron chi connectivity index (χ4n) is 3.45. The number of aromatic hydroxyl groups is 1. The van der Waals surface area contributed by atoms with Gasteiger partial charge >= 0.3 is 0 Å². The van der Waals surface area contributed by atoms with E-state index in [9.17, 15) is 5.11 Å². The Morgan fingerprint density at radius 2 is 2.11 bits per heavy atom. The first kappa shape index (κ1) is 12.0. The smallest absolute Gasteiger partial charge is 0.115 e. The average molecular weight is 247 g/mol. The van der Waals surface area contributed by atoms with Crippen LogP contribution in [0.5, 0.6) is 5.75 Å². The van der Waals surface area contributed by atoms with Crippen molar-refractivity contribution in [2.45, 2.75) is 43.9 Å². The standard InChI is InChI=1S/C15H21NO2/c1-16-14(8-10-2-4-11(17)5-3-10)13-9-12-6-7-15(13)18-12/h2-5,12-17H,6-9H2,1H3. The molecule has 18 heavy (non-hydrogen) atoms. The number of benzene rings is 1. The SMILES string of the molecule is CNC(Cc1ccc(O)cc1)C1CC2CCC1O2. The van der Waals surface area contributed by atoms with Gasteiger partial charge in [-0.05, 0) is 50.4 Å². The van der Waals surface area contributed by atoms with Gasteiger partial charge in [-0.1, -0.05) is 12.1 Å². The van der Waals surface area contributed by atoms with Crippen molar-refractivity contribution in [3.63, 3.8) is 0 Å². The van der Waals surface area contributed by atoms with Crippen molar-refractivity contribution in [2.75, 3.05) is 7.05 Å². The zero-order valence-corrected chi connectivity index (χ0v) is 10.8. The molecule has 4 unspecified atom stereocenters. The molecular weight excluding hydrogens is 226 g/mol. The van der Waals surface area contributed by atoms with Crippen molar-refractivity contribution in [2.24, 2.45) is 5.92 Å². The molecule has 0 aliphatic carbocycles. The minimum Gasteiger partial charge on any atom is -0.508 e. The first-order chi connectivity index (χ1) is 8.76. The van der Waals surface area contributed by atoms with Gasteiger partial charge in [0.2, 0.25) is 0 Å². The van der Waals surface area contributed by atoms with Gasteiger partial charge in [-0.15, -0.1) is 0 Å². The van der Waals surface area contributed by atoms with Gasteiger partial charge in [0.25, 0.3) is 0 Å². The maximum absolute atomic E-state index is 9.31. The van der Waals surface area contributed by atoms with Crippen LogP contribution in [0, 0.1) is 5.92 Å². The highest BCUT2D eigenvalue weighted by molar-refractivity contribution is 5.26. The van der Waals surface area contributed by atoms with Gasteiger partial charge in [0.15, 0.2) is 0 Å². The van der Waals surface area contributed by atoms with E-state index in [1.807, 2.05) is 19.2 Å². The summed E-state index contributed by atoms with van der Waals surface area (Å²) >= 11 is 0. The average Bonchev–Trinajstić information content (AvgIpc) is 3.00. The maximum atomic E-state index is 9.31. The van der Waals surface area contributed by atoms with Gasteiger partial charge in [-0.25, -0.2) is 0 Å². The molecule has 0 spiro atoms. The van der Waals surface area contributed by atoms with E-state index in [4.69, 9.17) is 4.74 Å². The molecule has 98 valence electrons. The summed E-state index contributed by atoms with van der Waals surface area (Å²) in [4.78, 5) is 0. The van der Waals surface area contributed by atoms with Crippen LogP contribution in [0.15, 0.2) is 24.3 Å². The van der Waals surface area contributed by atoms with E-state index in [-0.39, 0.29) is 0 Å². The molecule has 2 heterocycles. The van der Waals surface area contributed by atoms with Crippen LogP contribution >= 0.6 is 0 Å². The zero-order chi connectivity index (χ0) is 12.5. The number of fused-ring (bicyclic) bond motifs is 2. The monoisotopic (exact) mass is 247 g/mol. The van der Waals surface area contributed by atoms with E-state index in [1.165, 1.54) is 24.8 Å². The molecule has 0 radical (unpaired) electrons. The Morgan fingerprint density at radius 3 is 2.67 bits per heavy atom. The number of hydrogen-bond acceptors (Lipinski definition) is 3. The molecule has 2 aliphatic heterocycles. The van der Waals surface area contributed by atoms with Gasteiger partial charge < -0.3 is 15.2 Å². The van der Waals surface area contributed by atoms with E-state index in [1.54, 1.807) is 12.1 Å². The molecule has 1 aromatic rings. The van der Waals surface area contributed by atoms with Crippen LogP contribution in [0.25, 0.3) is 0 Å². The normalized spacial score (nSPS) is 31.7. The molecule has 2 fully saturated rings. The summed E-state index contributed by atoms with van der Waals surface area (Å²) in [7, 11) is 2.04. The van der Waals surface area contributed by atoms with E-state index in [0.717, 1.165) is 6.42 Å². The maximum Gasteiger partial charge on any atom is 0.115 e. The summed E-state index contributed by atoms with van der Waals surface area (Å²) in [5.74, 6) is 0.977. The molecule has 3 heteroatoms. The molecule has 0 saturated carbocycles. The van der Waals surface area contributed by atoms with Gasteiger partial charge in [0.1, 0.15) is 5.75 Å². The lowest BCUT2D eigenvalue weighted by molar-refractivity contribution is 0.0863. The van der Waals surface area contributed by atoms with E-state index in [2.05, 4.69) is 5.32 Å². The van der Waals surface area contributed by atoms with E-state index in [0.29, 0.717) is 29.9 Å². The molecule has 2 aliphatic rings. The number of hydrogen-bond donors (Lipinski definition) is 2. The first-order valence-corrected chi connectivity index (χ1v) is 6.87. The van der Waals surface area contributed by atoms with Crippen LogP contribution in [0.2, 0.25) is 0 Å². The van der Waals surface area contributed by atoms with Gasteiger partial charge in [-0.2, -0.15) is 0 Å². The molecule has 0 amide bonds. The van der Waals surface area contributed by atoms with Gasteiger partial charge in [0.05, 0.1) is 12.2 Å². The first-order valence-electron chi connectivity index (χ1n) is 6.87. The number of rotatable bonds is 4. The topological polar surface area (TPSA) is 41.5 Å². The predicted molar refractivity (Wildman–Crippen MR) is 70.7 cm³/mol. The van der Waals surface area contributed by atoms with E-state index < -0.39 is 0 Å². The third kappa shape index (κ3) is 2.25. The molecule has 3 nitrogen and oxygen atoms in total. The van der Waals surface area contributed by atoms with Crippen LogP contribution in [0.1, 0.15) is 24.8 Å². The highest BCUT2D eigenvalue weighted by Gasteiger charge is 2.43. The Labute approximate surface area is 108 Å². The van der Waals surface area contributed by atoms with Crippen molar-refractivity contribution in [1.82, 2.24) is 5.32 Å². The molecule has 1 aromatic carbocycles. The number of nitrogens with one attached hydrogen (secondary N) is 1. The molecule has 0 aromatic heterocycles. The number of phenolic OH excluding ortho intramolecular Hbond substituents is 1. The third-order valence-corrected chi connectivity index (χ3v) is 4.43. The van der Waals surface area contributed by atoms with Crippen LogP contribution in [0.3, 0.4) is 0 Å². The summed E-state index contributed by atoms with van der Waals surface area (Å²) in [5, 5.41) is 12.8. The molecule has 2 N–H and O–H groups in total. The Kier molecular flexibility index (Phi) is 3.27. The van der Waals surface area contributed by atoms with Crippen molar-refractivity contribution >= 4 is 0 Å². The summed E-state index contributed by atoms with van der Waals surface area (Å²) in [6.45, 7) is 0. The van der Waals surface area contributed by atoms with Gasteiger partial charge in [-0.3, -0.25) is 0 Å². The lowest BCUT2D eigenvalue weighted by Crippen LogP contribution is -2.40. The molecular formula is C15H21NO2. The Hall–Kier alpha value is -1.06. The summed E-state index contributed by atoms with van der Waals surface area (Å²) in [6, 6.07) is 8.02. The molecule has 3 rings (SSSR count). The Bertz CT molecular complexity index is 403. The second-order valence-corrected chi connectivity index (χ2v) is 5.54. The minimum atomic E-state index is 0.336. The van der Waals surface area contributed by atoms with Crippen LogP contribution in [-0.4, -0.2) is 30.4 Å². The minimum absolute atomic E-state index is 0.336. The third-order valence-electron chi connectivity index (χ3n) is 4.43. The van der Waals surface area contributed by atoms with E-state index >= 15 is 0 Å². The zero-order valence-electron chi connectivity index (χ0n) is 10.8. The van der Waals surface area contributed by atoms with Crippen molar-refractivity contribution in [3.05, 3.63) is 29.8 Å². The van der Waals surface area contributed by atoms with Crippen LogP contribution < -0.4 is 5.32 Å². The highest BCUT2D eigenvalue weighted by atomic mass is 16.5. The second kappa shape index (κ2) is 4.90. The lowest BCUT2D eigenvalue weighted by Gasteiger charge is -2.28. The van der Waals surface area contributed by atoms with Crippen molar-refractivity contribution in [3.8, 4) is 5.75 Å². The molecule has 4 atom stereocenters. The highest BCUT2D eigenvalue weighted by Crippen LogP contribution is 2.40. The number of phenols is 1. The van der Waals surface area contributed by atoms with Gasteiger partial charge in [0, 0.05) is 12.0 Å². The van der Waals surface area contributed by atoms with Crippen LogP contribution in [0.4, 0.5) is 0 Å². The summed E-state index contributed by atoms with van der Waals surface area (Å²) in [5.41, 5.74) is 1.27.